The summed E-state index contributed by atoms with van der Waals surface area (Å²) in [6.07, 6.45) is 2.64. The number of nitrogens with one attached hydrogen (secondary N) is 3. The third-order valence-electron chi connectivity index (χ3n) is 6.75. The number of rotatable bonds is 10. The van der Waals surface area contributed by atoms with Gasteiger partial charge in [-0.3, -0.25) is 9.62 Å². The van der Waals surface area contributed by atoms with E-state index in [0.717, 1.165) is 44.7 Å². The first-order valence-electron chi connectivity index (χ1n) is 13.4. The lowest BCUT2D eigenvalue weighted by Gasteiger charge is -2.36. The first-order chi connectivity index (χ1) is 18.9. The van der Waals surface area contributed by atoms with Crippen LogP contribution in [0.1, 0.15) is 32.8 Å². The van der Waals surface area contributed by atoms with Crippen LogP contribution in [0.3, 0.4) is 0 Å². The summed E-state index contributed by atoms with van der Waals surface area (Å²) in [5, 5.41) is 6.31. The third-order valence-corrected chi connectivity index (χ3v) is 8.87. The van der Waals surface area contributed by atoms with Gasteiger partial charge in [0.2, 0.25) is 16.0 Å². The number of piperazine rings is 1. The summed E-state index contributed by atoms with van der Waals surface area (Å²) in [4.78, 5) is 13.3. The minimum atomic E-state index is -3.56. The molecule has 216 valence electrons. The fourth-order valence-electron chi connectivity index (χ4n) is 4.23. The van der Waals surface area contributed by atoms with Gasteiger partial charge in [0.05, 0.1) is 16.1 Å². The molecule has 12 heteroatoms. The topological polar surface area (TPSA) is 129 Å². The number of anilines is 6. The Hall–Kier alpha value is -3.48. The predicted octanol–water partition coefficient (Wildman–Crippen LogP) is 4.42. The average Bonchev–Trinajstić information content (AvgIpc) is 2.89. The number of nitrogens with zero attached hydrogens (tertiary/aromatic N) is 4. The Morgan fingerprint density at radius 3 is 2.38 bits per heavy atom. The van der Waals surface area contributed by atoms with Crippen LogP contribution >= 0.6 is 0 Å². The van der Waals surface area contributed by atoms with Crippen molar-refractivity contribution in [2.75, 3.05) is 59.5 Å². The molecule has 0 bridgehead atoms. The van der Waals surface area contributed by atoms with Crippen molar-refractivity contribution < 1.29 is 12.8 Å². The van der Waals surface area contributed by atoms with Gasteiger partial charge in [0.15, 0.2) is 0 Å². The molecule has 1 fully saturated rings. The van der Waals surface area contributed by atoms with E-state index in [0.29, 0.717) is 41.1 Å². The maximum Gasteiger partial charge on any atom is 0.237 e. The molecule has 1 aromatic heterocycles. The summed E-state index contributed by atoms with van der Waals surface area (Å²) < 4.78 is 41.9. The van der Waals surface area contributed by atoms with Crippen LogP contribution in [0, 0.1) is 12.7 Å². The first kappa shape index (κ1) is 29.5. The van der Waals surface area contributed by atoms with Gasteiger partial charge in [-0.25, -0.2) is 17.8 Å². The lowest BCUT2D eigenvalue weighted by molar-refractivity contribution is 0.256. The molecule has 10 nitrogen and oxygen atoms in total. The Bertz CT molecular complexity index is 1420. The molecule has 1 aliphatic rings. The van der Waals surface area contributed by atoms with Crippen LogP contribution < -0.4 is 26.0 Å². The maximum absolute atomic E-state index is 15.1. The first-order valence-corrected chi connectivity index (χ1v) is 14.9. The number of hydrogen-bond acceptors (Lipinski definition) is 9. The normalized spacial score (nSPS) is 14.7. The van der Waals surface area contributed by atoms with Gasteiger partial charge in [0.25, 0.3) is 0 Å². The van der Waals surface area contributed by atoms with Crippen molar-refractivity contribution in [3.05, 3.63) is 60.0 Å². The highest BCUT2D eigenvalue weighted by molar-refractivity contribution is 7.94. The Kier molecular flexibility index (Phi) is 9.12. The number of nitrogens with two attached hydrogens (primary N) is 1. The van der Waals surface area contributed by atoms with Crippen LogP contribution in [0.4, 0.5) is 38.9 Å². The Balaban J connectivity index is 1.43. The highest BCUT2D eigenvalue weighted by Gasteiger charge is 2.29. The third kappa shape index (κ3) is 7.38. The molecule has 0 radical (unpaired) electrons. The Morgan fingerprint density at radius 1 is 1.00 bits per heavy atom. The number of halogens is 1. The molecule has 1 aliphatic heterocycles. The molecule has 0 aliphatic carbocycles. The van der Waals surface area contributed by atoms with Crippen LogP contribution in [0.5, 0.6) is 0 Å². The summed E-state index contributed by atoms with van der Waals surface area (Å²) in [6.45, 7) is 11.8. The lowest BCUT2D eigenvalue weighted by atomic mass is 10.2. The fourth-order valence-corrected chi connectivity index (χ4v) is 4.98. The number of hydrogen-bond donors (Lipinski definition) is 4. The zero-order valence-electron chi connectivity index (χ0n) is 23.5. The molecule has 0 spiro atoms. The summed E-state index contributed by atoms with van der Waals surface area (Å²) in [5.74, 6) is 0.539. The van der Waals surface area contributed by atoms with Crippen molar-refractivity contribution in [1.29, 1.82) is 0 Å². The van der Waals surface area contributed by atoms with Gasteiger partial charge < -0.3 is 21.3 Å². The summed E-state index contributed by atoms with van der Waals surface area (Å²) in [7, 11) is -3.56. The largest absolute Gasteiger partial charge is 0.367 e. The van der Waals surface area contributed by atoms with Gasteiger partial charge in [0.1, 0.15) is 11.6 Å². The van der Waals surface area contributed by atoms with Crippen LogP contribution in [-0.2, 0) is 10.0 Å². The predicted molar refractivity (Wildman–Crippen MR) is 161 cm³/mol. The van der Waals surface area contributed by atoms with E-state index in [-0.39, 0.29) is 5.82 Å². The van der Waals surface area contributed by atoms with Crippen LogP contribution in [0.25, 0.3) is 0 Å². The van der Waals surface area contributed by atoms with Crippen molar-refractivity contribution in [2.45, 2.75) is 38.9 Å². The number of sulfonamides is 1. The molecule has 0 atom stereocenters. The van der Waals surface area contributed by atoms with Crippen LogP contribution in [0.2, 0.25) is 0 Å². The summed E-state index contributed by atoms with van der Waals surface area (Å²) >= 11 is 0. The fraction of sp³-hybridized carbons (Fsp3) is 0.429. The van der Waals surface area contributed by atoms with Crippen LogP contribution in [0.15, 0.2) is 48.7 Å². The van der Waals surface area contributed by atoms with Crippen molar-refractivity contribution in [1.82, 2.24) is 14.9 Å². The monoisotopic (exact) mass is 570 g/mol. The SMILES string of the molecule is Cc1cnc(Nc2ccc(N3CCN(CCCN)CC3)c(F)c2)nc1Nc1cccc(NS(=O)(=O)C(C)(C)C)c1. The van der Waals surface area contributed by atoms with Gasteiger partial charge in [-0.05, 0) is 83.6 Å². The van der Waals surface area contributed by atoms with Crippen LogP contribution in [-0.4, -0.2) is 67.3 Å². The van der Waals surface area contributed by atoms with E-state index in [9.17, 15) is 8.42 Å². The van der Waals surface area contributed by atoms with Gasteiger partial charge >= 0.3 is 0 Å². The van der Waals surface area contributed by atoms with E-state index in [1.54, 1.807) is 51.2 Å². The Labute approximate surface area is 236 Å². The molecule has 0 amide bonds. The van der Waals surface area contributed by atoms with E-state index < -0.39 is 14.8 Å². The second kappa shape index (κ2) is 12.4. The Morgan fingerprint density at radius 2 is 1.70 bits per heavy atom. The zero-order chi connectivity index (χ0) is 28.9. The molecule has 40 heavy (non-hydrogen) atoms. The summed E-state index contributed by atoms with van der Waals surface area (Å²) in [6, 6.07) is 12.0. The second-order valence-electron chi connectivity index (χ2n) is 10.9. The molecule has 2 heterocycles. The quantitative estimate of drug-likeness (QED) is 0.280. The van der Waals surface area contributed by atoms with Gasteiger partial charge in [0, 0.05) is 49.3 Å². The molecule has 0 saturated carbocycles. The van der Waals surface area contributed by atoms with Crippen molar-refractivity contribution in [2.24, 2.45) is 5.73 Å². The van der Waals surface area contributed by atoms with Gasteiger partial charge in [-0.2, -0.15) is 4.98 Å². The molecular formula is C28H39FN8O2S. The average molecular weight is 571 g/mol. The molecule has 3 aromatic rings. The van der Waals surface area contributed by atoms with E-state index in [1.165, 1.54) is 6.07 Å². The molecule has 2 aromatic carbocycles. The van der Waals surface area contributed by atoms with Gasteiger partial charge in [-0.1, -0.05) is 6.07 Å². The molecule has 1 saturated heterocycles. The van der Waals surface area contributed by atoms with Crippen molar-refractivity contribution in [3.63, 3.8) is 0 Å². The van der Waals surface area contributed by atoms with Gasteiger partial charge in [-0.15, -0.1) is 0 Å². The standard InChI is InChI=1S/C28H39FN8O2S/c1-20-19-31-27(34-26(20)32-21-7-5-8-23(17-21)35-40(38,39)28(2,3)4)33-22-9-10-25(24(29)18-22)37-15-13-36(14-16-37)12-6-11-30/h5,7-10,17-19,35H,6,11-16,30H2,1-4H3,(H2,31,32,33,34). The minimum Gasteiger partial charge on any atom is -0.367 e. The lowest BCUT2D eigenvalue weighted by Crippen LogP contribution is -2.47. The van der Waals surface area contributed by atoms with E-state index in [4.69, 9.17) is 5.73 Å². The molecule has 5 N–H and O–H groups in total. The van der Waals surface area contributed by atoms with E-state index in [1.807, 2.05) is 19.1 Å². The molecule has 4 rings (SSSR count). The highest BCUT2D eigenvalue weighted by Crippen LogP contribution is 2.27. The maximum atomic E-state index is 15.1. The highest BCUT2D eigenvalue weighted by atomic mass is 32.2. The number of benzene rings is 2. The van der Waals surface area contributed by atoms with Crippen molar-refractivity contribution >= 4 is 44.5 Å². The molecule has 0 unspecified atom stereocenters. The van der Waals surface area contributed by atoms with E-state index in [2.05, 4.69) is 35.1 Å². The van der Waals surface area contributed by atoms with Crippen molar-refractivity contribution in [3.8, 4) is 0 Å². The number of aromatic nitrogens is 2. The smallest absolute Gasteiger partial charge is 0.237 e. The molecular weight excluding hydrogens is 531 g/mol. The zero-order valence-corrected chi connectivity index (χ0v) is 24.4. The minimum absolute atomic E-state index is 0.304. The van der Waals surface area contributed by atoms with E-state index >= 15 is 4.39 Å². The second-order valence-corrected chi connectivity index (χ2v) is 13.3. The number of aryl methyl sites for hydroxylation is 1. The summed E-state index contributed by atoms with van der Waals surface area (Å²) in [5.41, 5.74) is 8.62.